The van der Waals surface area contributed by atoms with E-state index >= 15 is 0 Å². The maximum absolute atomic E-state index is 10.5. The summed E-state index contributed by atoms with van der Waals surface area (Å²) >= 11 is 0. The minimum Gasteiger partial charge on any atom is -0.345 e. The molecule has 0 bridgehead atoms. The highest BCUT2D eigenvalue weighted by molar-refractivity contribution is 5.93. The van der Waals surface area contributed by atoms with Crippen LogP contribution < -0.4 is 0 Å². The molecule has 0 amide bonds. The van der Waals surface area contributed by atoms with Gasteiger partial charge in [-0.2, -0.15) is 0 Å². The molecule has 0 unspecified atom stereocenters. The molecule has 0 aliphatic rings. The molecule has 1 N–H and O–H groups in total. The summed E-state index contributed by atoms with van der Waals surface area (Å²) in [6.07, 6.45) is 2.39. The lowest BCUT2D eigenvalue weighted by atomic mass is 10.2. The lowest BCUT2D eigenvalue weighted by Gasteiger charge is -1.89. The summed E-state index contributed by atoms with van der Waals surface area (Å²) in [5, 5.41) is 0. The number of aromatic amines is 1. The molecule has 0 radical (unpaired) electrons. The van der Waals surface area contributed by atoms with Gasteiger partial charge >= 0.3 is 0 Å². The smallest absolute Gasteiger partial charge is 0.152 e. The van der Waals surface area contributed by atoms with E-state index in [4.69, 9.17) is 0 Å². The highest BCUT2D eigenvalue weighted by Gasteiger charge is 1.99. The predicted molar refractivity (Wildman–Crippen MR) is 41.5 cm³/mol. The highest BCUT2D eigenvalue weighted by atomic mass is 16.1. The van der Waals surface area contributed by atoms with E-state index in [1.54, 1.807) is 12.4 Å². The van der Waals surface area contributed by atoms with E-state index in [1.165, 1.54) is 0 Å². The Morgan fingerprint density at radius 3 is 3.18 bits per heavy atom. The number of carbonyl (C=O) groups excluding carboxylic acids is 1. The minimum absolute atomic E-state index is 0.628. The third-order valence-corrected chi connectivity index (χ3v) is 1.61. The van der Waals surface area contributed by atoms with Crippen molar-refractivity contribution in [2.24, 2.45) is 0 Å². The van der Waals surface area contributed by atoms with Crippen molar-refractivity contribution >= 4 is 17.3 Å². The molecule has 54 valence electrons. The number of carbonyl (C=O) groups is 1. The fourth-order valence-corrected chi connectivity index (χ4v) is 1.08. The van der Waals surface area contributed by atoms with Gasteiger partial charge in [0, 0.05) is 5.56 Å². The number of hydrogen-bond donors (Lipinski definition) is 1. The number of rotatable bonds is 1. The van der Waals surface area contributed by atoms with Gasteiger partial charge < -0.3 is 4.98 Å². The molecule has 1 aromatic heterocycles. The standard InChI is InChI=1S/C8H6N2O/c11-4-6-2-1-3-7-8(6)10-5-9-7/h1-5H,(H,9,10). The Morgan fingerprint density at radius 2 is 2.36 bits per heavy atom. The zero-order valence-corrected chi connectivity index (χ0v) is 5.74. The predicted octanol–water partition coefficient (Wildman–Crippen LogP) is 1.38. The molecule has 0 saturated carbocycles. The first-order valence-corrected chi connectivity index (χ1v) is 3.29. The van der Waals surface area contributed by atoms with Crippen LogP contribution in [0.15, 0.2) is 24.5 Å². The van der Waals surface area contributed by atoms with Crippen molar-refractivity contribution in [1.29, 1.82) is 0 Å². The van der Waals surface area contributed by atoms with Crippen LogP contribution in [0.1, 0.15) is 10.4 Å². The second kappa shape index (κ2) is 2.20. The maximum Gasteiger partial charge on any atom is 0.152 e. The molecule has 1 aromatic carbocycles. The van der Waals surface area contributed by atoms with Gasteiger partial charge in [0.25, 0.3) is 0 Å². The fourth-order valence-electron chi connectivity index (χ4n) is 1.08. The first-order valence-electron chi connectivity index (χ1n) is 3.29. The molecule has 2 aromatic rings. The van der Waals surface area contributed by atoms with Gasteiger partial charge in [-0.1, -0.05) is 6.07 Å². The van der Waals surface area contributed by atoms with Crippen LogP contribution in [0.25, 0.3) is 11.0 Å². The van der Waals surface area contributed by atoms with Crippen molar-refractivity contribution in [1.82, 2.24) is 9.97 Å². The Morgan fingerprint density at radius 1 is 1.45 bits per heavy atom. The van der Waals surface area contributed by atoms with Crippen LogP contribution in [0.3, 0.4) is 0 Å². The number of nitrogens with one attached hydrogen (secondary N) is 1. The van der Waals surface area contributed by atoms with Crippen LogP contribution in [0.4, 0.5) is 0 Å². The maximum atomic E-state index is 10.5. The van der Waals surface area contributed by atoms with Gasteiger partial charge in [-0.25, -0.2) is 4.98 Å². The van der Waals surface area contributed by atoms with Crippen molar-refractivity contribution in [3.05, 3.63) is 30.1 Å². The molecule has 3 nitrogen and oxygen atoms in total. The van der Waals surface area contributed by atoms with Crippen molar-refractivity contribution < 1.29 is 4.79 Å². The number of imidazole rings is 1. The number of hydrogen-bond acceptors (Lipinski definition) is 2. The molecule has 0 fully saturated rings. The summed E-state index contributed by atoms with van der Waals surface area (Å²) in [6.45, 7) is 0. The molecule has 0 aliphatic heterocycles. The Labute approximate surface area is 63.1 Å². The largest absolute Gasteiger partial charge is 0.345 e. The Hall–Kier alpha value is -1.64. The molecule has 0 saturated heterocycles. The first-order chi connectivity index (χ1) is 5.42. The second-order valence-corrected chi connectivity index (χ2v) is 2.26. The van der Waals surface area contributed by atoms with E-state index < -0.39 is 0 Å². The molecular formula is C8H6N2O. The number of H-pyrrole nitrogens is 1. The van der Waals surface area contributed by atoms with Gasteiger partial charge in [0.1, 0.15) is 0 Å². The van der Waals surface area contributed by atoms with Crippen LogP contribution in [0.5, 0.6) is 0 Å². The van der Waals surface area contributed by atoms with E-state index in [-0.39, 0.29) is 0 Å². The van der Waals surface area contributed by atoms with Gasteiger partial charge in [0.05, 0.1) is 17.4 Å². The van der Waals surface area contributed by atoms with Gasteiger partial charge in [-0.15, -0.1) is 0 Å². The quantitative estimate of drug-likeness (QED) is 0.617. The van der Waals surface area contributed by atoms with E-state index in [2.05, 4.69) is 9.97 Å². The Balaban J connectivity index is 2.88. The lowest BCUT2D eigenvalue weighted by molar-refractivity contribution is 0.112. The van der Waals surface area contributed by atoms with Gasteiger partial charge in [-0.3, -0.25) is 4.79 Å². The molecule has 3 heteroatoms. The highest BCUT2D eigenvalue weighted by Crippen LogP contribution is 2.11. The average Bonchev–Trinajstić information content (AvgIpc) is 2.50. The number of benzene rings is 1. The average molecular weight is 146 g/mol. The second-order valence-electron chi connectivity index (χ2n) is 2.26. The van der Waals surface area contributed by atoms with Crippen LogP contribution >= 0.6 is 0 Å². The zero-order chi connectivity index (χ0) is 7.68. The van der Waals surface area contributed by atoms with E-state index in [1.807, 2.05) is 12.1 Å². The SMILES string of the molecule is O=Cc1cccc2[nH]cnc12. The third-order valence-electron chi connectivity index (χ3n) is 1.61. The Bertz CT molecular complexity index is 392. The van der Waals surface area contributed by atoms with Crippen molar-refractivity contribution in [2.45, 2.75) is 0 Å². The summed E-state index contributed by atoms with van der Waals surface area (Å²) in [4.78, 5) is 17.4. The summed E-state index contributed by atoms with van der Waals surface area (Å²) in [5.74, 6) is 0. The zero-order valence-electron chi connectivity index (χ0n) is 5.74. The molecule has 0 atom stereocenters. The molecule has 2 rings (SSSR count). The topological polar surface area (TPSA) is 45.8 Å². The van der Waals surface area contributed by atoms with Crippen LogP contribution in [-0.4, -0.2) is 16.3 Å². The number of aromatic nitrogens is 2. The van der Waals surface area contributed by atoms with E-state index in [0.29, 0.717) is 5.56 Å². The Kier molecular flexibility index (Phi) is 1.22. The van der Waals surface area contributed by atoms with Crippen LogP contribution in [0.2, 0.25) is 0 Å². The molecule has 0 aliphatic carbocycles. The first kappa shape index (κ1) is 6.09. The number of fused-ring (bicyclic) bond motifs is 1. The van der Waals surface area contributed by atoms with Crippen LogP contribution in [-0.2, 0) is 0 Å². The molecule has 0 spiro atoms. The number of aldehydes is 1. The molecule has 1 heterocycles. The number of para-hydroxylation sites is 1. The van der Waals surface area contributed by atoms with Crippen molar-refractivity contribution in [3.63, 3.8) is 0 Å². The van der Waals surface area contributed by atoms with Gasteiger partial charge in [-0.05, 0) is 12.1 Å². The molecular weight excluding hydrogens is 140 g/mol. The number of nitrogens with zero attached hydrogens (tertiary/aromatic N) is 1. The van der Waals surface area contributed by atoms with E-state index in [0.717, 1.165) is 17.3 Å². The summed E-state index contributed by atoms with van der Waals surface area (Å²) in [6, 6.07) is 5.45. The van der Waals surface area contributed by atoms with Gasteiger partial charge in [0.2, 0.25) is 0 Å². The minimum atomic E-state index is 0.628. The van der Waals surface area contributed by atoms with Crippen molar-refractivity contribution in [3.8, 4) is 0 Å². The van der Waals surface area contributed by atoms with E-state index in [9.17, 15) is 4.79 Å². The summed E-state index contributed by atoms with van der Waals surface area (Å²) in [7, 11) is 0. The summed E-state index contributed by atoms with van der Waals surface area (Å²) < 4.78 is 0. The normalized spacial score (nSPS) is 10.2. The summed E-state index contributed by atoms with van der Waals surface area (Å²) in [5.41, 5.74) is 2.26. The van der Waals surface area contributed by atoms with Crippen molar-refractivity contribution in [2.75, 3.05) is 0 Å². The third kappa shape index (κ3) is 0.816. The molecule has 11 heavy (non-hydrogen) atoms. The van der Waals surface area contributed by atoms with Crippen LogP contribution in [0, 0.1) is 0 Å². The van der Waals surface area contributed by atoms with Gasteiger partial charge in [0.15, 0.2) is 6.29 Å². The lowest BCUT2D eigenvalue weighted by Crippen LogP contribution is -1.80. The fraction of sp³-hybridized carbons (Fsp3) is 0. The monoisotopic (exact) mass is 146 g/mol.